The first-order chi connectivity index (χ1) is 9.22. The highest BCUT2D eigenvalue weighted by Crippen LogP contribution is 2.26. The summed E-state index contributed by atoms with van der Waals surface area (Å²) in [6.45, 7) is 6.26. The molecular weight excluding hydrogens is 406 g/mol. The first kappa shape index (κ1) is 18.1. The van der Waals surface area contributed by atoms with E-state index in [1.807, 2.05) is 6.92 Å². The van der Waals surface area contributed by atoms with Gasteiger partial charge in [0.05, 0.1) is 4.90 Å². The average molecular weight is 427 g/mol. The second-order valence-corrected chi connectivity index (χ2v) is 8.87. The smallest absolute Gasteiger partial charge is 0.208 e. The van der Waals surface area contributed by atoms with E-state index in [0.29, 0.717) is 10.4 Å². The van der Waals surface area contributed by atoms with Crippen LogP contribution in [0.3, 0.4) is 0 Å². The van der Waals surface area contributed by atoms with E-state index >= 15 is 0 Å². The van der Waals surface area contributed by atoms with Crippen LogP contribution in [0, 0.1) is 5.92 Å². The minimum atomic E-state index is -3.48. The number of hydrogen-bond acceptors (Lipinski definition) is 2. The van der Waals surface area contributed by atoms with Crippen molar-refractivity contribution in [2.45, 2.75) is 51.0 Å². The third-order valence-corrected chi connectivity index (χ3v) is 6.02. The Kier molecular flexibility index (Phi) is 7.18. The highest BCUT2D eigenvalue weighted by molar-refractivity contribution is 9.11. The predicted molar refractivity (Wildman–Crippen MR) is 90.3 cm³/mol. The maximum absolute atomic E-state index is 12.3. The van der Waals surface area contributed by atoms with Crippen LogP contribution in [-0.4, -0.2) is 14.5 Å². The molecule has 1 unspecified atom stereocenters. The van der Waals surface area contributed by atoms with E-state index < -0.39 is 10.0 Å². The summed E-state index contributed by atoms with van der Waals surface area (Å²) in [5, 5.41) is 0. The summed E-state index contributed by atoms with van der Waals surface area (Å²) in [4.78, 5) is 0.274. The van der Waals surface area contributed by atoms with Crippen LogP contribution in [-0.2, 0) is 10.0 Å². The van der Waals surface area contributed by atoms with E-state index in [0.717, 1.165) is 23.7 Å². The second kappa shape index (κ2) is 7.92. The zero-order valence-electron chi connectivity index (χ0n) is 12.0. The highest BCUT2D eigenvalue weighted by Gasteiger charge is 2.20. The Balaban J connectivity index is 2.69. The van der Waals surface area contributed by atoms with Crippen LogP contribution in [0.5, 0.6) is 0 Å². The summed E-state index contributed by atoms with van der Waals surface area (Å²) in [6.07, 6.45) is 3.00. The first-order valence-electron chi connectivity index (χ1n) is 6.69. The van der Waals surface area contributed by atoms with Crippen LogP contribution >= 0.6 is 31.9 Å². The van der Waals surface area contributed by atoms with Gasteiger partial charge in [0.15, 0.2) is 0 Å². The molecule has 0 saturated carbocycles. The predicted octanol–water partition coefficient (Wildman–Crippen LogP) is 4.70. The lowest BCUT2D eigenvalue weighted by atomic mass is 10.0. The molecule has 0 spiro atoms. The molecular formula is C14H21Br2NO2S. The Hall–Kier alpha value is 0.0900. The summed E-state index contributed by atoms with van der Waals surface area (Å²) < 4.78 is 28.8. The summed E-state index contributed by atoms with van der Waals surface area (Å²) in [5.74, 6) is 0.652. The molecule has 1 rings (SSSR count). The van der Waals surface area contributed by atoms with Gasteiger partial charge in [-0.3, -0.25) is 0 Å². The Labute approximate surface area is 138 Å². The molecule has 0 aliphatic carbocycles. The zero-order chi connectivity index (χ0) is 15.3. The average Bonchev–Trinajstić information content (AvgIpc) is 2.26. The van der Waals surface area contributed by atoms with Gasteiger partial charge >= 0.3 is 0 Å². The maximum atomic E-state index is 12.3. The van der Waals surface area contributed by atoms with Crippen molar-refractivity contribution < 1.29 is 8.42 Å². The van der Waals surface area contributed by atoms with Gasteiger partial charge in [-0.2, -0.15) is 0 Å². The summed E-state index contributed by atoms with van der Waals surface area (Å²) in [6, 6.07) is 4.99. The molecule has 6 heteroatoms. The van der Waals surface area contributed by atoms with Crippen molar-refractivity contribution in [3.63, 3.8) is 0 Å². The van der Waals surface area contributed by atoms with Gasteiger partial charge in [-0.15, -0.1) is 0 Å². The van der Waals surface area contributed by atoms with Crippen molar-refractivity contribution in [3.05, 3.63) is 27.1 Å². The maximum Gasteiger partial charge on any atom is 0.241 e. The Morgan fingerprint density at radius 2 is 1.80 bits per heavy atom. The molecule has 0 heterocycles. The Morgan fingerprint density at radius 3 is 2.35 bits per heavy atom. The van der Waals surface area contributed by atoms with Crippen molar-refractivity contribution in [1.82, 2.24) is 4.72 Å². The molecule has 0 aromatic heterocycles. The quantitative estimate of drug-likeness (QED) is 0.686. The zero-order valence-corrected chi connectivity index (χ0v) is 16.0. The van der Waals surface area contributed by atoms with Crippen molar-refractivity contribution in [1.29, 1.82) is 0 Å². The molecule has 114 valence electrons. The van der Waals surface area contributed by atoms with Gasteiger partial charge in [0.2, 0.25) is 10.0 Å². The SMILES string of the molecule is CC(C)CCCC(C)NS(=O)(=O)c1ccc(Br)cc1Br. The van der Waals surface area contributed by atoms with Gasteiger partial charge in [0.25, 0.3) is 0 Å². The van der Waals surface area contributed by atoms with Gasteiger partial charge in [-0.1, -0.05) is 42.6 Å². The number of sulfonamides is 1. The van der Waals surface area contributed by atoms with Gasteiger partial charge in [0, 0.05) is 15.0 Å². The van der Waals surface area contributed by atoms with Crippen LogP contribution in [0.2, 0.25) is 0 Å². The van der Waals surface area contributed by atoms with E-state index in [4.69, 9.17) is 0 Å². The van der Waals surface area contributed by atoms with Gasteiger partial charge in [-0.05, 0) is 53.4 Å². The second-order valence-electron chi connectivity index (χ2n) is 5.42. The van der Waals surface area contributed by atoms with Gasteiger partial charge in [-0.25, -0.2) is 13.1 Å². The first-order valence-corrected chi connectivity index (χ1v) is 9.76. The molecule has 1 aromatic carbocycles. The monoisotopic (exact) mass is 425 g/mol. The minimum absolute atomic E-state index is 0.0608. The molecule has 20 heavy (non-hydrogen) atoms. The normalized spacial score (nSPS) is 13.7. The molecule has 1 N–H and O–H groups in total. The fraction of sp³-hybridized carbons (Fsp3) is 0.571. The van der Waals surface area contributed by atoms with Gasteiger partial charge in [0.1, 0.15) is 0 Å². The molecule has 0 aliphatic rings. The fourth-order valence-electron chi connectivity index (χ4n) is 1.91. The Morgan fingerprint density at radius 1 is 1.15 bits per heavy atom. The molecule has 0 amide bonds. The minimum Gasteiger partial charge on any atom is -0.208 e. The van der Waals surface area contributed by atoms with E-state index in [9.17, 15) is 8.42 Å². The fourth-order valence-corrected chi connectivity index (χ4v) is 4.94. The summed E-state index contributed by atoms with van der Waals surface area (Å²) in [7, 11) is -3.48. The van der Waals surface area contributed by atoms with E-state index in [2.05, 4.69) is 50.4 Å². The van der Waals surface area contributed by atoms with E-state index in [1.165, 1.54) is 0 Å². The third kappa shape index (κ3) is 5.84. The van der Waals surface area contributed by atoms with Crippen LogP contribution in [0.25, 0.3) is 0 Å². The molecule has 0 aliphatic heterocycles. The molecule has 0 saturated heterocycles. The lowest BCUT2D eigenvalue weighted by Crippen LogP contribution is -2.32. The van der Waals surface area contributed by atoms with Crippen molar-refractivity contribution >= 4 is 41.9 Å². The molecule has 1 aromatic rings. The number of hydrogen-bond donors (Lipinski definition) is 1. The lowest BCUT2D eigenvalue weighted by molar-refractivity contribution is 0.488. The lowest BCUT2D eigenvalue weighted by Gasteiger charge is -2.15. The van der Waals surface area contributed by atoms with Gasteiger partial charge < -0.3 is 0 Å². The van der Waals surface area contributed by atoms with Crippen molar-refractivity contribution in [2.24, 2.45) is 5.92 Å². The highest BCUT2D eigenvalue weighted by atomic mass is 79.9. The molecule has 0 bridgehead atoms. The number of nitrogens with one attached hydrogen (secondary N) is 1. The van der Waals surface area contributed by atoms with Crippen LogP contribution < -0.4 is 4.72 Å². The van der Waals surface area contributed by atoms with Crippen LogP contribution in [0.1, 0.15) is 40.0 Å². The van der Waals surface area contributed by atoms with E-state index in [1.54, 1.807) is 18.2 Å². The number of rotatable bonds is 7. The van der Waals surface area contributed by atoms with Crippen LogP contribution in [0.4, 0.5) is 0 Å². The van der Waals surface area contributed by atoms with E-state index in [-0.39, 0.29) is 10.9 Å². The Bertz CT molecular complexity index is 544. The molecule has 3 nitrogen and oxygen atoms in total. The largest absolute Gasteiger partial charge is 0.241 e. The summed E-state index contributed by atoms with van der Waals surface area (Å²) in [5.41, 5.74) is 0. The molecule has 0 fully saturated rings. The number of benzene rings is 1. The van der Waals surface area contributed by atoms with Crippen molar-refractivity contribution in [3.8, 4) is 0 Å². The summed E-state index contributed by atoms with van der Waals surface area (Å²) >= 11 is 6.61. The third-order valence-electron chi connectivity index (χ3n) is 2.96. The van der Waals surface area contributed by atoms with Crippen LogP contribution in [0.15, 0.2) is 32.0 Å². The standard InChI is InChI=1S/C14H21Br2NO2S/c1-10(2)5-4-6-11(3)17-20(18,19)14-8-7-12(15)9-13(14)16/h7-11,17H,4-6H2,1-3H3. The molecule has 1 atom stereocenters. The van der Waals surface area contributed by atoms with Crippen molar-refractivity contribution in [2.75, 3.05) is 0 Å². The number of halogens is 2. The topological polar surface area (TPSA) is 46.2 Å². The molecule has 0 radical (unpaired) electrons.